The van der Waals surface area contributed by atoms with E-state index in [0.717, 1.165) is 34.0 Å². The summed E-state index contributed by atoms with van der Waals surface area (Å²) in [5.41, 5.74) is 4.48. The minimum absolute atomic E-state index is 0.0501. The van der Waals surface area contributed by atoms with Gasteiger partial charge in [-0.3, -0.25) is 4.79 Å². The third kappa shape index (κ3) is 5.16. The number of likely N-dealkylation sites (tertiary alicyclic amines) is 1. The van der Waals surface area contributed by atoms with Gasteiger partial charge in [0, 0.05) is 24.6 Å². The number of carbonyl (C=O) groups is 3. The average Bonchev–Trinajstić information content (AvgIpc) is 3.32. The van der Waals surface area contributed by atoms with E-state index in [-0.39, 0.29) is 24.8 Å². The summed E-state index contributed by atoms with van der Waals surface area (Å²) in [6.07, 6.45) is -1.46. The summed E-state index contributed by atoms with van der Waals surface area (Å²) in [7, 11) is 0. The van der Waals surface area contributed by atoms with Gasteiger partial charge in [-0.05, 0) is 22.3 Å². The molecule has 2 N–H and O–H groups in total. The summed E-state index contributed by atoms with van der Waals surface area (Å²) in [4.78, 5) is 36.2. The molecule has 180 valence electrons. The molecule has 7 nitrogen and oxygen atoms in total. The average molecular weight is 491 g/mol. The Morgan fingerprint density at radius 1 is 1.09 bits per heavy atom. The molecule has 0 aromatic heterocycles. The number of nitrogens with one attached hydrogen (secondary N) is 1. The maximum Gasteiger partial charge on any atom is 0.407 e. The van der Waals surface area contributed by atoms with Crippen molar-refractivity contribution >= 4 is 29.7 Å². The highest BCUT2D eigenvalue weighted by molar-refractivity contribution is 7.99. The van der Waals surface area contributed by atoms with Crippen LogP contribution >= 0.6 is 11.8 Å². The van der Waals surface area contributed by atoms with Gasteiger partial charge in [-0.1, -0.05) is 48.5 Å². The van der Waals surface area contributed by atoms with Gasteiger partial charge in [-0.15, -0.1) is 0 Å². The number of alkyl carbamates (subject to hydrolysis) is 1. The van der Waals surface area contributed by atoms with Crippen LogP contribution in [0.15, 0.2) is 48.5 Å². The molecule has 1 saturated heterocycles. The van der Waals surface area contributed by atoms with E-state index < -0.39 is 42.9 Å². The number of carboxylic acid groups (broad SMARTS) is 1. The largest absolute Gasteiger partial charge is 0.480 e. The maximum atomic E-state index is 13.5. The highest BCUT2D eigenvalue weighted by Gasteiger charge is 2.49. The summed E-state index contributed by atoms with van der Waals surface area (Å²) in [6.45, 7) is -0.486. The minimum atomic E-state index is -3.20. The molecule has 1 atom stereocenters. The van der Waals surface area contributed by atoms with Crippen LogP contribution in [0.4, 0.5) is 13.6 Å². The number of hydrogen-bond acceptors (Lipinski definition) is 5. The van der Waals surface area contributed by atoms with Crippen LogP contribution in [0.1, 0.15) is 23.5 Å². The third-order valence-corrected chi connectivity index (χ3v) is 6.90. The smallest absolute Gasteiger partial charge is 0.407 e. The highest BCUT2D eigenvalue weighted by Crippen LogP contribution is 2.44. The fourth-order valence-electron chi connectivity index (χ4n) is 4.42. The summed E-state index contributed by atoms with van der Waals surface area (Å²) in [5, 5.41) is 11.7. The van der Waals surface area contributed by atoms with E-state index in [9.17, 15) is 23.2 Å². The van der Waals surface area contributed by atoms with Crippen LogP contribution in [0, 0.1) is 0 Å². The van der Waals surface area contributed by atoms with Crippen LogP contribution in [0.3, 0.4) is 0 Å². The molecule has 34 heavy (non-hydrogen) atoms. The summed E-state index contributed by atoms with van der Waals surface area (Å²) in [5.74, 6) is -5.15. The Kier molecular flexibility index (Phi) is 7.06. The fraction of sp³-hybridized carbons (Fsp3) is 0.375. The molecule has 0 saturated carbocycles. The maximum absolute atomic E-state index is 13.5. The van der Waals surface area contributed by atoms with Crippen LogP contribution in [0.2, 0.25) is 0 Å². The molecule has 2 aromatic rings. The van der Waals surface area contributed by atoms with Crippen molar-refractivity contribution < 1.29 is 33.0 Å². The minimum Gasteiger partial charge on any atom is -0.480 e. The second-order valence-corrected chi connectivity index (χ2v) is 9.35. The van der Waals surface area contributed by atoms with Crippen molar-refractivity contribution in [2.24, 2.45) is 0 Å². The number of benzene rings is 2. The molecular formula is C24H24F2N2O5S. The van der Waals surface area contributed by atoms with Gasteiger partial charge in [0.1, 0.15) is 12.6 Å². The lowest BCUT2D eigenvalue weighted by molar-refractivity contribution is -0.147. The number of rotatable bonds is 8. The van der Waals surface area contributed by atoms with Gasteiger partial charge in [-0.25, -0.2) is 18.4 Å². The fourth-order valence-corrected chi connectivity index (χ4v) is 5.15. The van der Waals surface area contributed by atoms with Gasteiger partial charge in [-0.2, -0.15) is 11.8 Å². The Bertz CT molecular complexity index is 1050. The first-order valence-corrected chi connectivity index (χ1v) is 12.0. The van der Waals surface area contributed by atoms with E-state index in [4.69, 9.17) is 9.84 Å². The predicted molar refractivity (Wildman–Crippen MR) is 123 cm³/mol. The van der Waals surface area contributed by atoms with Crippen LogP contribution in [0.25, 0.3) is 11.1 Å². The summed E-state index contributed by atoms with van der Waals surface area (Å²) < 4.78 is 32.5. The lowest BCUT2D eigenvalue weighted by Crippen LogP contribution is -2.41. The number of amides is 2. The monoisotopic (exact) mass is 490 g/mol. The lowest BCUT2D eigenvalue weighted by atomic mass is 9.98. The molecular weight excluding hydrogens is 466 g/mol. The zero-order chi connectivity index (χ0) is 24.3. The number of aliphatic carboxylic acids is 1. The van der Waals surface area contributed by atoms with Gasteiger partial charge in [0.05, 0.1) is 12.3 Å². The number of carbonyl (C=O) groups excluding carboxylic acids is 2. The zero-order valence-electron chi connectivity index (χ0n) is 18.2. The van der Waals surface area contributed by atoms with Crippen molar-refractivity contribution in [3.8, 4) is 11.1 Å². The SMILES string of the molecule is O=C(NCCSCC(=O)N1CC(F)(F)C[C@H]1C(=O)O)OCC1c2ccccc2-c2ccccc21. The molecule has 2 aliphatic rings. The second kappa shape index (κ2) is 10.0. The van der Waals surface area contributed by atoms with Gasteiger partial charge in [0.25, 0.3) is 5.92 Å². The number of fused-ring (bicyclic) bond motifs is 3. The van der Waals surface area contributed by atoms with Gasteiger partial charge in [0.2, 0.25) is 5.91 Å². The number of alkyl halides is 2. The van der Waals surface area contributed by atoms with E-state index in [1.165, 1.54) is 0 Å². The number of nitrogens with zero attached hydrogens (tertiary/aromatic N) is 1. The zero-order valence-corrected chi connectivity index (χ0v) is 19.0. The number of carboxylic acids is 1. The van der Waals surface area contributed by atoms with Gasteiger partial charge < -0.3 is 20.1 Å². The van der Waals surface area contributed by atoms with Crippen LogP contribution in [-0.4, -0.2) is 71.1 Å². The molecule has 1 heterocycles. The first-order valence-electron chi connectivity index (χ1n) is 10.8. The molecule has 4 rings (SSSR count). The van der Waals surface area contributed by atoms with Crippen molar-refractivity contribution in [1.29, 1.82) is 0 Å². The number of thioether (sulfide) groups is 1. The molecule has 1 aliphatic carbocycles. The Morgan fingerprint density at radius 2 is 1.71 bits per heavy atom. The van der Waals surface area contributed by atoms with E-state index in [0.29, 0.717) is 10.7 Å². The Labute approximate surface area is 199 Å². The van der Waals surface area contributed by atoms with E-state index in [1.807, 2.05) is 36.4 Å². The summed E-state index contributed by atoms with van der Waals surface area (Å²) >= 11 is 1.13. The molecule has 0 spiro atoms. The van der Waals surface area contributed by atoms with Crippen molar-refractivity contribution in [1.82, 2.24) is 10.2 Å². The molecule has 1 fully saturated rings. The van der Waals surface area contributed by atoms with Crippen LogP contribution in [-0.2, 0) is 14.3 Å². The normalized spacial score (nSPS) is 18.3. The first kappa shape index (κ1) is 24.0. The quantitative estimate of drug-likeness (QED) is 0.550. The molecule has 2 amide bonds. The summed E-state index contributed by atoms with van der Waals surface area (Å²) in [6, 6.07) is 14.5. The lowest BCUT2D eigenvalue weighted by Gasteiger charge is -2.20. The Hall–Kier alpha value is -3.14. The Morgan fingerprint density at radius 3 is 2.32 bits per heavy atom. The highest BCUT2D eigenvalue weighted by atomic mass is 32.2. The Balaban J connectivity index is 1.19. The van der Waals surface area contributed by atoms with Gasteiger partial charge in [0.15, 0.2) is 0 Å². The molecule has 0 bridgehead atoms. The first-order chi connectivity index (χ1) is 16.3. The topological polar surface area (TPSA) is 95.9 Å². The molecule has 10 heteroatoms. The molecule has 0 radical (unpaired) electrons. The van der Waals surface area contributed by atoms with Crippen molar-refractivity contribution in [3.05, 3.63) is 59.7 Å². The van der Waals surface area contributed by atoms with E-state index in [1.54, 1.807) is 0 Å². The van der Waals surface area contributed by atoms with Crippen molar-refractivity contribution in [3.63, 3.8) is 0 Å². The standard InChI is InChI=1S/C24H24F2N2O5S/c25-24(26)11-20(22(30)31)28(14-24)21(29)13-34-10-9-27-23(32)33-12-19-17-7-3-1-5-15(17)16-6-2-4-8-18(16)19/h1-8,19-20H,9-14H2,(H,27,32)(H,30,31)/t20-/m0/s1. The van der Waals surface area contributed by atoms with Gasteiger partial charge >= 0.3 is 12.1 Å². The predicted octanol–water partition coefficient (Wildman–Crippen LogP) is 3.58. The van der Waals surface area contributed by atoms with Crippen molar-refractivity contribution in [2.45, 2.75) is 24.3 Å². The number of halogens is 2. The second-order valence-electron chi connectivity index (χ2n) is 8.24. The van der Waals surface area contributed by atoms with Crippen LogP contribution in [0.5, 0.6) is 0 Å². The molecule has 2 aromatic carbocycles. The molecule has 0 unspecified atom stereocenters. The van der Waals surface area contributed by atoms with E-state index >= 15 is 0 Å². The van der Waals surface area contributed by atoms with Crippen LogP contribution < -0.4 is 5.32 Å². The molecule has 1 aliphatic heterocycles. The number of hydrogen-bond donors (Lipinski definition) is 2. The van der Waals surface area contributed by atoms with E-state index in [2.05, 4.69) is 17.4 Å². The van der Waals surface area contributed by atoms with Crippen molar-refractivity contribution in [2.75, 3.05) is 31.2 Å². The third-order valence-electron chi connectivity index (χ3n) is 5.96. The number of ether oxygens (including phenoxy) is 1.